The van der Waals surface area contributed by atoms with Crippen molar-refractivity contribution in [2.45, 2.75) is 51.4 Å². The van der Waals surface area contributed by atoms with Gasteiger partial charge in [0.15, 0.2) is 17.3 Å². The van der Waals surface area contributed by atoms with Crippen molar-refractivity contribution in [2.24, 2.45) is 0 Å². The maximum absolute atomic E-state index is 13.8. The molecular formula is C31H35NO7. The average molecular weight is 534 g/mol. The highest BCUT2D eigenvalue weighted by molar-refractivity contribution is 6.04. The summed E-state index contributed by atoms with van der Waals surface area (Å²) in [6, 6.07) is 12.6. The molecule has 0 fully saturated rings. The SMILES string of the molecule is CCCCOC(=O)C1=C(C)NC2=C(C(=O)CC(c3ccc(OC)c(OC)c3)C2)C1c1ccc(C(=O)OC)cc1. The Kier molecular flexibility index (Phi) is 8.74. The molecule has 1 heterocycles. The molecule has 2 aromatic rings. The lowest BCUT2D eigenvalue weighted by Crippen LogP contribution is -2.36. The van der Waals surface area contributed by atoms with Crippen LogP contribution in [0.25, 0.3) is 0 Å². The van der Waals surface area contributed by atoms with Crippen LogP contribution in [-0.4, -0.2) is 45.7 Å². The third-order valence-corrected chi connectivity index (χ3v) is 7.32. The predicted molar refractivity (Wildman–Crippen MR) is 146 cm³/mol. The maximum atomic E-state index is 13.8. The van der Waals surface area contributed by atoms with E-state index in [4.69, 9.17) is 18.9 Å². The first-order valence-corrected chi connectivity index (χ1v) is 13.1. The van der Waals surface area contributed by atoms with Gasteiger partial charge in [0.05, 0.1) is 39.1 Å². The molecular weight excluding hydrogens is 498 g/mol. The van der Waals surface area contributed by atoms with Gasteiger partial charge < -0.3 is 24.3 Å². The molecule has 2 atom stereocenters. The second kappa shape index (κ2) is 12.2. The fourth-order valence-electron chi connectivity index (χ4n) is 5.30. The number of carbonyl (C=O) groups is 3. The molecule has 0 spiro atoms. The molecule has 2 aliphatic rings. The standard InChI is InChI=1S/C31H35NO7/c1-6-7-14-39-31(35)27-18(2)32-23-15-22(21-12-13-25(36-3)26(17-21)37-4)16-24(33)29(23)28(27)19-8-10-20(11-9-19)30(34)38-5/h8-13,17,22,28,32H,6-7,14-16H2,1-5H3. The van der Waals surface area contributed by atoms with Gasteiger partial charge in [-0.25, -0.2) is 9.59 Å². The first kappa shape index (κ1) is 28.0. The molecule has 0 bridgehead atoms. The first-order chi connectivity index (χ1) is 18.8. The van der Waals surface area contributed by atoms with Gasteiger partial charge in [-0.05, 0) is 61.1 Å². The summed E-state index contributed by atoms with van der Waals surface area (Å²) in [7, 11) is 4.50. The Balaban J connectivity index is 1.74. The van der Waals surface area contributed by atoms with Crippen LogP contribution < -0.4 is 14.8 Å². The Morgan fingerprint density at radius 1 is 0.923 bits per heavy atom. The van der Waals surface area contributed by atoms with Crippen LogP contribution in [0.1, 0.15) is 72.9 Å². The predicted octanol–water partition coefficient (Wildman–Crippen LogP) is 5.20. The van der Waals surface area contributed by atoms with E-state index in [9.17, 15) is 14.4 Å². The van der Waals surface area contributed by atoms with E-state index in [1.54, 1.807) is 38.5 Å². The summed E-state index contributed by atoms with van der Waals surface area (Å²) >= 11 is 0. The second-order valence-electron chi connectivity index (χ2n) is 9.73. The maximum Gasteiger partial charge on any atom is 0.337 e. The summed E-state index contributed by atoms with van der Waals surface area (Å²) in [4.78, 5) is 39.2. The molecule has 0 saturated carbocycles. The summed E-state index contributed by atoms with van der Waals surface area (Å²) in [5.74, 6) is -0.397. The molecule has 39 heavy (non-hydrogen) atoms. The van der Waals surface area contributed by atoms with Gasteiger partial charge in [-0.3, -0.25) is 4.79 Å². The number of Topliss-reactive ketones (excluding diaryl/α,β-unsaturated/α-hetero) is 1. The Bertz CT molecular complexity index is 1320. The number of benzene rings is 2. The average Bonchev–Trinajstić information content (AvgIpc) is 2.95. The van der Waals surface area contributed by atoms with Crippen molar-refractivity contribution in [3.05, 3.63) is 81.7 Å². The van der Waals surface area contributed by atoms with Crippen molar-refractivity contribution in [2.75, 3.05) is 27.9 Å². The lowest BCUT2D eigenvalue weighted by atomic mass is 9.71. The van der Waals surface area contributed by atoms with E-state index in [0.29, 0.717) is 46.9 Å². The quantitative estimate of drug-likeness (QED) is 0.347. The number of methoxy groups -OCH3 is 3. The van der Waals surface area contributed by atoms with Crippen LogP contribution in [0.5, 0.6) is 11.5 Å². The molecule has 0 aromatic heterocycles. The van der Waals surface area contributed by atoms with E-state index in [1.165, 1.54) is 7.11 Å². The highest BCUT2D eigenvalue weighted by Gasteiger charge is 2.41. The summed E-state index contributed by atoms with van der Waals surface area (Å²) in [5.41, 5.74) is 4.50. The number of hydrogen-bond donors (Lipinski definition) is 1. The molecule has 4 rings (SSSR count). The topological polar surface area (TPSA) is 100 Å². The van der Waals surface area contributed by atoms with Crippen molar-refractivity contribution >= 4 is 17.7 Å². The van der Waals surface area contributed by atoms with Crippen LogP contribution in [0.4, 0.5) is 0 Å². The van der Waals surface area contributed by atoms with E-state index < -0.39 is 17.9 Å². The third kappa shape index (κ3) is 5.70. The van der Waals surface area contributed by atoms with Crippen molar-refractivity contribution in [3.63, 3.8) is 0 Å². The fraction of sp³-hybridized carbons (Fsp3) is 0.387. The van der Waals surface area contributed by atoms with E-state index in [1.807, 2.05) is 32.0 Å². The van der Waals surface area contributed by atoms with Gasteiger partial charge in [-0.2, -0.15) is 0 Å². The minimum Gasteiger partial charge on any atom is -0.493 e. The number of esters is 2. The molecule has 0 radical (unpaired) electrons. The van der Waals surface area contributed by atoms with Crippen LogP contribution in [0.15, 0.2) is 65.0 Å². The van der Waals surface area contributed by atoms with Crippen molar-refractivity contribution < 1.29 is 33.3 Å². The number of carbonyl (C=O) groups excluding carboxylic acids is 3. The van der Waals surface area contributed by atoms with Crippen LogP contribution in [0, 0.1) is 0 Å². The van der Waals surface area contributed by atoms with Gasteiger partial charge in [0, 0.05) is 29.3 Å². The summed E-state index contributed by atoms with van der Waals surface area (Å²) in [6.07, 6.45) is 2.52. The Hall–Kier alpha value is -4.07. The van der Waals surface area contributed by atoms with Gasteiger partial charge in [-0.1, -0.05) is 31.5 Å². The van der Waals surface area contributed by atoms with E-state index in [2.05, 4.69) is 5.32 Å². The third-order valence-electron chi connectivity index (χ3n) is 7.32. The monoisotopic (exact) mass is 533 g/mol. The van der Waals surface area contributed by atoms with Crippen molar-refractivity contribution in [1.29, 1.82) is 0 Å². The molecule has 8 nitrogen and oxygen atoms in total. The van der Waals surface area contributed by atoms with Crippen LogP contribution in [-0.2, 0) is 19.1 Å². The normalized spacial score (nSPS) is 18.7. The summed E-state index contributed by atoms with van der Waals surface area (Å²) in [6.45, 7) is 4.17. The molecule has 2 aromatic carbocycles. The highest BCUT2D eigenvalue weighted by Crippen LogP contribution is 2.46. The molecule has 1 aliphatic heterocycles. The van der Waals surface area contributed by atoms with Gasteiger partial charge >= 0.3 is 11.9 Å². The smallest absolute Gasteiger partial charge is 0.337 e. The van der Waals surface area contributed by atoms with E-state index in [-0.39, 0.29) is 18.1 Å². The second-order valence-corrected chi connectivity index (χ2v) is 9.73. The molecule has 206 valence electrons. The molecule has 0 amide bonds. The number of unbranched alkanes of at least 4 members (excludes halogenated alkanes) is 1. The summed E-state index contributed by atoms with van der Waals surface area (Å²) in [5, 5.41) is 3.37. The van der Waals surface area contributed by atoms with Crippen molar-refractivity contribution in [3.8, 4) is 11.5 Å². The van der Waals surface area contributed by atoms with Crippen LogP contribution >= 0.6 is 0 Å². The zero-order valence-electron chi connectivity index (χ0n) is 23.1. The number of allylic oxidation sites excluding steroid dienone is 3. The van der Waals surface area contributed by atoms with Gasteiger partial charge in [0.2, 0.25) is 0 Å². The molecule has 0 saturated heterocycles. The van der Waals surface area contributed by atoms with E-state index in [0.717, 1.165) is 29.7 Å². The Morgan fingerprint density at radius 2 is 1.62 bits per heavy atom. The Labute approximate surface area is 229 Å². The lowest BCUT2D eigenvalue weighted by molar-refractivity contribution is -0.139. The summed E-state index contributed by atoms with van der Waals surface area (Å²) < 4.78 is 21.3. The molecule has 1 aliphatic carbocycles. The molecule has 8 heteroatoms. The number of ketones is 1. The van der Waals surface area contributed by atoms with Gasteiger partial charge in [0.25, 0.3) is 0 Å². The zero-order chi connectivity index (χ0) is 28.1. The highest BCUT2D eigenvalue weighted by atomic mass is 16.5. The molecule has 1 N–H and O–H groups in total. The largest absolute Gasteiger partial charge is 0.493 e. The minimum absolute atomic E-state index is 0.0445. The van der Waals surface area contributed by atoms with Crippen molar-refractivity contribution in [1.82, 2.24) is 5.32 Å². The van der Waals surface area contributed by atoms with Gasteiger partial charge in [-0.15, -0.1) is 0 Å². The number of dihydropyridines is 1. The van der Waals surface area contributed by atoms with Crippen LogP contribution in [0.2, 0.25) is 0 Å². The number of rotatable bonds is 9. The number of ether oxygens (including phenoxy) is 4. The fourth-order valence-corrected chi connectivity index (χ4v) is 5.30. The van der Waals surface area contributed by atoms with Gasteiger partial charge in [0.1, 0.15) is 0 Å². The number of hydrogen-bond acceptors (Lipinski definition) is 8. The van der Waals surface area contributed by atoms with Crippen LogP contribution in [0.3, 0.4) is 0 Å². The Morgan fingerprint density at radius 3 is 2.26 bits per heavy atom. The van der Waals surface area contributed by atoms with E-state index >= 15 is 0 Å². The zero-order valence-corrected chi connectivity index (χ0v) is 23.1. The minimum atomic E-state index is -0.610. The number of nitrogens with one attached hydrogen (secondary N) is 1. The lowest BCUT2D eigenvalue weighted by Gasteiger charge is -2.36. The first-order valence-electron chi connectivity index (χ1n) is 13.1. The molecule has 2 unspecified atom stereocenters.